The summed E-state index contributed by atoms with van der Waals surface area (Å²) in [4.78, 5) is 34.3. The van der Waals surface area contributed by atoms with E-state index >= 15 is 0 Å². The number of hydrogen-bond acceptors (Lipinski definition) is 7. The predicted octanol–water partition coefficient (Wildman–Crippen LogP) is 3.80. The zero-order chi connectivity index (χ0) is 21.7. The summed E-state index contributed by atoms with van der Waals surface area (Å²) in [5.74, 6) is -1.66. The predicted molar refractivity (Wildman–Crippen MR) is 103 cm³/mol. The van der Waals surface area contributed by atoms with Gasteiger partial charge in [-0.15, -0.1) is 0 Å². The molecular weight excluding hydrogens is 399 g/mol. The molecule has 0 atom stereocenters. The van der Waals surface area contributed by atoms with Crippen molar-refractivity contribution in [2.24, 2.45) is 0 Å². The van der Waals surface area contributed by atoms with Crippen LogP contribution >= 0.6 is 0 Å². The smallest absolute Gasteiger partial charge is 0.374 e. The summed E-state index contributed by atoms with van der Waals surface area (Å²) in [6.45, 7) is -0.619. The Morgan fingerprint density at radius 1 is 1.13 bits per heavy atom. The molecular formula is C20H15FN2O7. The highest BCUT2D eigenvalue weighted by Crippen LogP contribution is 2.29. The number of hydrogen-bond donors (Lipinski definition) is 1. The molecule has 3 aromatic rings. The highest BCUT2D eigenvalue weighted by atomic mass is 19.1. The van der Waals surface area contributed by atoms with Gasteiger partial charge in [0.05, 0.1) is 23.8 Å². The van der Waals surface area contributed by atoms with Gasteiger partial charge in [0, 0.05) is 11.6 Å². The second-order valence-corrected chi connectivity index (χ2v) is 5.94. The molecule has 0 aliphatic rings. The second kappa shape index (κ2) is 8.86. The summed E-state index contributed by atoms with van der Waals surface area (Å²) >= 11 is 0. The van der Waals surface area contributed by atoms with E-state index < -0.39 is 29.2 Å². The maximum atomic E-state index is 13.0. The molecule has 0 spiro atoms. The van der Waals surface area contributed by atoms with Crippen molar-refractivity contribution >= 4 is 23.3 Å². The molecule has 0 bridgehead atoms. The fraction of sp³-hybridized carbons (Fsp3) is 0.100. The second-order valence-electron chi connectivity index (χ2n) is 5.94. The number of amides is 1. The molecule has 0 saturated heterocycles. The molecule has 0 aliphatic carbocycles. The number of methoxy groups -OCH3 is 1. The first kappa shape index (κ1) is 20.5. The lowest BCUT2D eigenvalue weighted by Gasteiger charge is -2.10. The highest BCUT2D eigenvalue weighted by Gasteiger charge is 2.17. The van der Waals surface area contributed by atoms with Crippen molar-refractivity contribution < 1.29 is 32.8 Å². The lowest BCUT2D eigenvalue weighted by atomic mass is 10.2. The molecule has 1 aromatic heterocycles. The average molecular weight is 414 g/mol. The fourth-order valence-electron chi connectivity index (χ4n) is 2.50. The van der Waals surface area contributed by atoms with E-state index in [2.05, 4.69) is 5.32 Å². The summed E-state index contributed by atoms with van der Waals surface area (Å²) in [5.41, 5.74) is 0.547. The number of rotatable bonds is 7. The number of benzene rings is 2. The van der Waals surface area contributed by atoms with Gasteiger partial charge < -0.3 is 19.2 Å². The molecule has 1 amide bonds. The van der Waals surface area contributed by atoms with Crippen LogP contribution in [0.5, 0.6) is 5.75 Å². The number of non-ortho nitro benzene ring substituents is 1. The largest absolute Gasteiger partial charge is 0.494 e. The lowest BCUT2D eigenvalue weighted by Crippen LogP contribution is -2.21. The number of anilines is 1. The maximum absolute atomic E-state index is 13.0. The van der Waals surface area contributed by atoms with E-state index in [-0.39, 0.29) is 22.9 Å². The molecule has 9 nitrogen and oxygen atoms in total. The zero-order valence-electron chi connectivity index (χ0n) is 15.6. The molecule has 154 valence electrons. The van der Waals surface area contributed by atoms with Crippen LogP contribution in [0.1, 0.15) is 10.6 Å². The first-order valence-electron chi connectivity index (χ1n) is 8.52. The minimum Gasteiger partial charge on any atom is -0.494 e. The van der Waals surface area contributed by atoms with E-state index in [1.165, 1.54) is 55.6 Å². The van der Waals surface area contributed by atoms with Crippen LogP contribution in [-0.4, -0.2) is 30.5 Å². The van der Waals surface area contributed by atoms with Gasteiger partial charge in [0.1, 0.15) is 17.3 Å². The van der Waals surface area contributed by atoms with Crippen molar-refractivity contribution in [3.63, 3.8) is 0 Å². The molecule has 1 heterocycles. The Bertz CT molecular complexity index is 1090. The number of nitrogens with zero attached hydrogens (tertiary/aromatic N) is 1. The number of carbonyl (C=O) groups excluding carboxylic acids is 2. The van der Waals surface area contributed by atoms with Gasteiger partial charge in [-0.25, -0.2) is 9.18 Å². The van der Waals surface area contributed by atoms with Gasteiger partial charge in [-0.2, -0.15) is 0 Å². The summed E-state index contributed by atoms with van der Waals surface area (Å²) < 4.78 is 28.3. The molecule has 1 N–H and O–H groups in total. The molecule has 0 aliphatic heterocycles. The third kappa shape index (κ3) is 4.79. The van der Waals surface area contributed by atoms with E-state index in [0.717, 1.165) is 6.07 Å². The Hall–Kier alpha value is -4.21. The minimum atomic E-state index is -0.867. The van der Waals surface area contributed by atoms with Gasteiger partial charge in [0.2, 0.25) is 5.76 Å². The number of furan rings is 1. The van der Waals surface area contributed by atoms with E-state index in [1.54, 1.807) is 0 Å². The summed E-state index contributed by atoms with van der Waals surface area (Å²) in [5, 5.41) is 13.2. The van der Waals surface area contributed by atoms with Crippen LogP contribution in [-0.2, 0) is 9.53 Å². The molecule has 2 aromatic carbocycles. The summed E-state index contributed by atoms with van der Waals surface area (Å²) in [6.07, 6.45) is 0. The maximum Gasteiger partial charge on any atom is 0.374 e. The quantitative estimate of drug-likeness (QED) is 0.355. The Morgan fingerprint density at radius 2 is 1.87 bits per heavy atom. The summed E-state index contributed by atoms with van der Waals surface area (Å²) in [7, 11) is 1.30. The number of nitro benzene ring substituents is 1. The third-order valence-electron chi connectivity index (χ3n) is 3.94. The van der Waals surface area contributed by atoms with Gasteiger partial charge in [-0.05, 0) is 42.5 Å². The minimum absolute atomic E-state index is 0.0823. The van der Waals surface area contributed by atoms with E-state index in [4.69, 9.17) is 13.9 Å². The van der Waals surface area contributed by atoms with Crippen molar-refractivity contribution in [1.29, 1.82) is 0 Å². The van der Waals surface area contributed by atoms with Crippen LogP contribution in [0, 0.1) is 15.9 Å². The van der Waals surface area contributed by atoms with Gasteiger partial charge in [0.15, 0.2) is 6.61 Å². The first-order chi connectivity index (χ1) is 14.4. The van der Waals surface area contributed by atoms with E-state index in [9.17, 15) is 24.1 Å². The van der Waals surface area contributed by atoms with Gasteiger partial charge in [0.25, 0.3) is 11.6 Å². The Kier molecular flexibility index (Phi) is 6.06. The Morgan fingerprint density at radius 3 is 2.53 bits per heavy atom. The Labute approximate surface area is 169 Å². The number of esters is 1. The van der Waals surface area contributed by atoms with Crippen molar-refractivity contribution in [1.82, 2.24) is 0 Å². The van der Waals surface area contributed by atoms with Crippen molar-refractivity contribution in [3.8, 4) is 17.1 Å². The molecule has 10 heteroatoms. The summed E-state index contributed by atoms with van der Waals surface area (Å²) in [6, 6.07) is 12.1. The Balaban J connectivity index is 1.59. The zero-order valence-corrected chi connectivity index (χ0v) is 15.6. The van der Waals surface area contributed by atoms with Crippen LogP contribution in [0.15, 0.2) is 59.0 Å². The molecule has 0 saturated carbocycles. The number of carbonyl (C=O) groups is 2. The third-order valence-corrected chi connectivity index (χ3v) is 3.94. The molecule has 30 heavy (non-hydrogen) atoms. The number of halogens is 1. The molecule has 0 unspecified atom stereocenters. The molecule has 0 radical (unpaired) electrons. The first-order valence-corrected chi connectivity index (χ1v) is 8.52. The fourth-order valence-corrected chi connectivity index (χ4v) is 2.50. The SMILES string of the molecule is COc1cc([N+](=O)[O-])ccc1NC(=O)COC(=O)c1ccc(-c2ccc(F)cc2)o1. The van der Waals surface area contributed by atoms with Gasteiger partial charge in [-0.1, -0.05) is 0 Å². The number of nitro groups is 1. The van der Waals surface area contributed by atoms with E-state index in [0.29, 0.717) is 11.3 Å². The standard InChI is InChI=1S/C20H15FN2O7/c1-28-18-10-14(23(26)27)6-7-15(18)22-19(24)11-29-20(25)17-9-8-16(30-17)12-2-4-13(21)5-3-12/h2-10H,11H2,1H3,(H,22,24). The average Bonchev–Trinajstić information content (AvgIpc) is 3.23. The van der Waals surface area contributed by atoms with Crippen LogP contribution in [0.2, 0.25) is 0 Å². The van der Waals surface area contributed by atoms with Crippen molar-refractivity contribution in [2.45, 2.75) is 0 Å². The van der Waals surface area contributed by atoms with Gasteiger partial charge in [-0.3, -0.25) is 14.9 Å². The van der Waals surface area contributed by atoms with Crippen LogP contribution in [0.3, 0.4) is 0 Å². The van der Waals surface area contributed by atoms with Gasteiger partial charge >= 0.3 is 5.97 Å². The van der Waals surface area contributed by atoms with Crippen LogP contribution in [0.4, 0.5) is 15.8 Å². The van der Waals surface area contributed by atoms with Crippen LogP contribution in [0.25, 0.3) is 11.3 Å². The van der Waals surface area contributed by atoms with Crippen molar-refractivity contribution in [2.75, 3.05) is 19.0 Å². The lowest BCUT2D eigenvalue weighted by molar-refractivity contribution is -0.384. The van der Waals surface area contributed by atoms with E-state index in [1.807, 2.05) is 0 Å². The molecule has 3 rings (SSSR count). The number of nitrogens with one attached hydrogen (secondary N) is 1. The highest BCUT2D eigenvalue weighted by molar-refractivity contribution is 5.95. The van der Waals surface area contributed by atoms with Crippen LogP contribution < -0.4 is 10.1 Å². The topological polar surface area (TPSA) is 121 Å². The normalized spacial score (nSPS) is 10.3. The monoisotopic (exact) mass is 414 g/mol. The molecule has 0 fully saturated rings. The number of ether oxygens (including phenoxy) is 2. The van der Waals surface area contributed by atoms with Crippen molar-refractivity contribution in [3.05, 3.63) is 76.3 Å².